The maximum Gasteiger partial charge on any atom is 0.236 e. The molecule has 0 saturated heterocycles. The van der Waals surface area contributed by atoms with Crippen LogP contribution >= 0.6 is 0 Å². The van der Waals surface area contributed by atoms with E-state index in [4.69, 9.17) is 0 Å². The van der Waals surface area contributed by atoms with Crippen LogP contribution in [0.2, 0.25) is 0 Å². The molecule has 0 aliphatic carbocycles. The third-order valence-corrected chi connectivity index (χ3v) is 4.64. The van der Waals surface area contributed by atoms with Gasteiger partial charge in [-0.3, -0.25) is 9.59 Å². The monoisotopic (exact) mass is 386 g/mol. The second kappa shape index (κ2) is 8.74. The summed E-state index contributed by atoms with van der Waals surface area (Å²) in [6.07, 6.45) is 0. The fraction of sp³-hybridized carbons (Fsp3) is 0.200. The molecule has 4 nitrogen and oxygen atoms in total. The molecule has 3 aromatic carbocycles. The maximum absolute atomic E-state index is 13.3. The van der Waals surface area contributed by atoms with Gasteiger partial charge in [0.15, 0.2) is 0 Å². The van der Waals surface area contributed by atoms with Crippen LogP contribution in [0.3, 0.4) is 0 Å². The Morgan fingerprint density at radius 2 is 1.07 bits per heavy atom. The molecule has 29 heavy (non-hydrogen) atoms. The molecule has 0 heterocycles. The number of nitrogens with one attached hydrogen (secondary N) is 2. The van der Waals surface area contributed by atoms with E-state index in [1.54, 1.807) is 12.1 Å². The van der Waals surface area contributed by atoms with Crippen molar-refractivity contribution in [1.82, 2.24) is 0 Å². The Morgan fingerprint density at radius 1 is 0.655 bits per heavy atom. The normalized spacial score (nSPS) is 11.2. The van der Waals surface area contributed by atoms with Crippen molar-refractivity contribution in [3.8, 4) is 0 Å². The Morgan fingerprint density at radius 3 is 1.52 bits per heavy atom. The first-order valence-corrected chi connectivity index (χ1v) is 9.67. The fourth-order valence-electron chi connectivity index (χ4n) is 3.00. The number of hydrogen-bond acceptors (Lipinski definition) is 2. The van der Waals surface area contributed by atoms with E-state index in [9.17, 15) is 9.59 Å². The van der Waals surface area contributed by atoms with Crippen LogP contribution in [0.15, 0.2) is 84.9 Å². The van der Waals surface area contributed by atoms with Gasteiger partial charge in [-0.05, 0) is 23.3 Å². The Balaban J connectivity index is 1.91. The molecule has 3 aromatic rings. The lowest BCUT2D eigenvalue weighted by atomic mass is 9.90. The van der Waals surface area contributed by atoms with Crippen LogP contribution in [0.25, 0.3) is 0 Å². The van der Waals surface area contributed by atoms with Gasteiger partial charge in [0.05, 0.1) is 17.3 Å². The molecule has 2 amide bonds. The van der Waals surface area contributed by atoms with E-state index < -0.39 is 11.3 Å². The lowest BCUT2D eigenvalue weighted by Gasteiger charge is -2.21. The molecular weight excluding hydrogens is 360 g/mol. The van der Waals surface area contributed by atoms with Gasteiger partial charge >= 0.3 is 0 Å². The molecular formula is C25H26N2O2. The SMILES string of the molecule is CC(C)(C)C(=O)Nc1ccccc1NC(=O)C(c1ccccc1)c1ccccc1. The fourth-order valence-corrected chi connectivity index (χ4v) is 3.00. The summed E-state index contributed by atoms with van der Waals surface area (Å²) >= 11 is 0. The first-order valence-electron chi connectivity index (χ1n) is 9.67. The van der Waals surface area contributed by atoms with Gasteiger partial charge in [-0.25, -0.2) is 0 Å². The second-order valence-electron chi connectivity index (χ2n) is 7.99. The van der Waals surface area contributed by atoms with Crippen molar-refractivity contribution in [2.24, 2.45) is 5.41 Å². The van der Waals surface area contributed by atoms with Gasteiger partial charge in [-0.1, -0.05) is 93.6 Å². The van der Waals surface area contributed by atoms with Crippen molar-refractivity contribution in [3.05, 3.63) is 96.1 Å². The molecule has 0 aliphatic heterocycles. The number of anilines is 2. The van der Waals surface area contributed by atoms with Gasteiger partial charge in [0, 0.05) is 5.41 Å². The highest BCUT2D eigenvalue weighted by Gasteiger charge is 2.25. The van der Waals surface area contributed by atoms with Gasteiger partial charge in [0.1, 0.15) is 0 Å². The van der Waals surface area contributed by atoms with Crippen LogP contribution in [0.1, 0.15) is 37.8 Å². The van der Waals surface area contributed by atoms with E-state index in [1.807, 2.05) is 93.6 Å². The van der Waals surface area contributed by atoms with E-state index in [2.05, 4.69) is 10.6 Å². The molecule has 0 aliphatic rings. The van der Waals surface area contributed by atoms with Crippen LogP contribution in [-0.2, 0) is 9.59 Å². The van der Waals surface area contributed by atoms with Crippen molar-refractivity contribution >= 4 is 23.2 Å². The van der Waals surface area contributed by atoms with Gasteiger partial charge in [-0.15, -0.1) is 0 Å². The predicted molar refractivity (Wildman–Crippen MR) is 118 cm³/mol. The highest BCUT2D eigenvalue weighted by molar-refractivity contribution is 6.03. The zero-order valence-corrected chi connectivity index (χ0v) is 17.0. The second-order valence-corrected chi connectivity index (χ2v) is 7.99. The summed E-state index contributed by atoms with van der Waals surface area (Å²) in [4.78, 5) is 25.7. The van der Waals surface area contributed by atoms with Gasteiger partial charge < -0.3 is 10.6 Å². The molecule has 0 spiro atoms. The summed E-state index contributed by atoms with van der Waals surface area (Å²) in [5.41, 5.74) is 2.45. The quantitative estimate of drug-likeness (QED) is 0.613. The van der Waals surface area contributed by atoms with Gasteiger partial charge in [0.2, 0.25) is 11.8 Å². The molecule has 2 N–H and O–H groups in total. The zero-order valence-electron chi connectivity index (χ0n) is 17.0. The minimum atomic E-state index is -0.534. The minimum absolute atomic E-state index is 0.109. The Hall–Kier alpha value is -3.40. The zero-order chi connectivity index (χ0) is 20.9. The summed E-state index contributed by atoms with van der Waals surface area (Å²) in [6, 6.07) is 26.6. The first-order chi connectivity index (χ1) is 13.9. The summed E-state index contributed by atoms with van der Waals surface area (Å²) in [6.45, 7) is 5.55. The molecule has 0 saturated carbocycles. The molecule has 3 rings (SSSR count). The summed E-state index contributed by atoms with van der Waals surface area (Å²) in [7, 11) is 0. The van der Waals surface area contributed by atoms with E-state index in [0.29, 0.717) is 11.4 Å². The maximum atomic E-state index is 13.3. The van der Waals surface area contributed by atoms with E-state index in [-0.39, 0.29) is 11.8 Å². The third kappa shape index (κ3) is 5.11. The third-order valence-electron chi connectivity index (χ3n) is 4.64. The molecule has 0 unspecified atom stereocenters. The summed E-state index contributed by atoms with van der Waals surface area (Å²) in [5, 5.41) is 5.93. The van der Waals surface area contributed by atoms with Crippen molar-refractivity contribution in [1.29, 1.82) is 0 Å². The number of amides is 2. The van der Waals surface area contributed by atoms with Crippen molar-refractivity contribution < 1.29 is 9.59 Å². The van der Waals surface area contributed by atoms with Gasteiger partial charge in [-0.2, -0.15) is 0 Å². The van der Waals surface area contributed by atoms with Gasteiger partial charge in [0.25, 0.3) is 0 Å². The molecule has 0 radical (unpaired) electrons. The summed E-state index contributed by atoms with van der Waals surface area (Å²) < 4.78 is 0. The predicted octanol–water partition coefficient (Wildman–Crippen LogP) is 5.44. The van der Waals surface area contributed by atoms with Crippen LogP contribution in [0, 0.1) is 5.41 Å². The topological polar surface area (TPSA) is 58.2 Å². The number of benzene rings is 3. The molecule has 0 fully saturated rings. The van der Waals surface area contributed by atoms with Crippen LogP contribution < -0.4 is 10.6 Å². The highest BCUT2D eigenvalue weighted by atomic mass is 16.2. The minimum Gasteiger partial charge on any atom is -0.324 e. The number of carbonyl (C=O) groups is 2. The van der Waals surface area contributed by atoms with Crippen LogP contribution in [-0.4, -0.2) is 11.8 Å². The highest BCUT2D eigenvalue weighted by Crippen LogP contribution is 2.29. The Bertz CT molecular complexity index is 937. The molecule has 148 valence electrons. The van der Waals surface area contributed by atoms with Crippen molar-refractivity contribution in [2.45, 2.75) is 26.7 Å². The van der Waals surface area contributed by atoms with Crippen molar-refractivity contribution in [2.75, 3.05) is 10.6 Å². The average Bonchev–Trinajstić information content (AvgIpc) is 2.70. The lowest BCUT2D eigenvalue weighted by molar-refractivity contribution is -0.123. The van der Waals surface area contributed by atoms with Crippen molar-refractivity contribution in [3.63, 3.8) is 0 Å². The van der Waals surface area contributed by atoms with Crippen LogP contribution in [0.4, 0.5) is 11.4 Å². The van der Waals surface area contributed by atoms with Crippen LogP contribution in [0.5, 0.6) is 0 Å². The molecule has 0 atom stereocenters. The molecule has 0 bridgehead atoms. The smallest absolute Gasteiger partial charge is 0.236 e. The lowest BCUT2D eigenvalue weighted by Crippen LogP contribution is -2.28. The Labute approximate surface area is 172 Å². The number of rotatable bonds is 5. The summed E-state index contributed by atoms with van der Waals surface area (Å²) in [5.74, 6) is -0.717. The van der Waals surface area contributed by atoms with E-state index >= 15 is 0 Å². The standard InChI is InChI=1S/C25H26N2O2/c1-25(2,3)24(29)27-21-17-11-10-16-20(21)26-23(28)22(18-12-6-4-7-13-18)19-14-8-5-9-15-19/h4-17,22H,1-3H3,(H,26,28)(H,27,29). The molecule has 0 aromatic heterocycles. The molecule has 4 heteroatoms. The largest absolute Gasteiger partial charge is 0.324 e. The van der Waals surface area contributed by atoms with E-state index in [0.717, 1.165) is 11.1 Å². The first kappa shape index (κ1) is 20.3. The Kier molecular flexibility index (Phi) is 6.13. The number of para-hydroxylation sites is 2. The average molecular weight is 386 g/mol. The number of hydrogen-bond donors (Lipinski definition) is 2. The van der Waals surface area contributed by atoms with E-state index in [1.165, 1.54) is 0 Å². The number of carbonyl (C=O) groups excluding carboxylic acids is 2.